The molecule has 3 heterocycles. The quantitative estimate of drug-likeness (QED) is 0.498. The number of carbonyl (C=O) groups is 1. The maximum Gasteiger partial charge on any atom is 0.174 e. The van der Waals surface area contributed by atoms with Crippen LogP contribution in [0.15, 0.2) is 24.8 Å². The Morgan fingerprint density at radius 1 is 1.23 bits per heavy atom. The summed E-state index contributed by atoms with van der Waals surface area (Å²) in [4.78, 5) is 14.9. The number of ether oxygens (including phenoxy) is 1. The molecule has 0 unspecified atom stereocenters. The molecule has 0 aromatic heterocycles. The molecule has 8 heteroatoms. The van der Waals surface area contributed by atoms with Gasteiger partial charge in [-0.1, -0.05) is 12.1 Å². The topological polar surface area (TPSA) is 94.1 Å². The number of rotatable bonds is 2. The van der Waals surface area contributed by atoms with Gasteiger partial charge in [-0.2, -0.15) is 0 Å². The molecule has 5 aliphatic rings. The van der Waals surface area contributed by atoms with Gasteiger partial charge in [0, 0.05) is 57.3 Å². The Morgan fingerprint density at radius 3 is 2.58 bits per heavy atom. The van der Waals surface area contributed by atoms with Gasteiger partial charge in [-0.25, -0.2) is 0 Å². The molecule has 3 aliphatic heterocycles. The Balaban J connectivity index is 0.000000288. The standard InChI is InChI=1S/C19H21NO4.C4H10N2.ClH/c1-2-8-20-9-7-18-15-11-3-4-12(21)16(15)24-17(18)13(22)5-6-19(18,23)14(20)10-11;1-2-6-4-3-5-1;/h2-4,14,17,21,23H,1,5-10H2;5-6H,1-4H2;1H/t14-,17+,18+,19-;;/m1../s1. The summed E-state index contributed by atoms with van der Waals surface area (Å²) in [5.41, 5.74) is 0.256. The average molecular weight is 450 g/mol. The van der Waals surface area contributed by atoms with Gasteiger partial charge in [-0.3, -0.25) is 9.69 Å². The summed E-state index contributed by atoms with van der Waals surface area (Å²) in [7, 11) is 0. The molecule has 1 spiro atoms. The zero-order chi connectivity index (χ0) is 20.9. The minimum atomic E-state index is -1.00. The molecule has 4 atom stereocenters. The molecule has 170 valence electrons. The lowest BCUT2D eigenvalue weighted by atomic mass is 9.49. The van der Waals surface area contributed by atoms with E-state index in [1.165, 1.54) is 0 Å². The fourth-order valence-electron chi connectivity index (χ4n) is 6.40. The van der Waals surface area contributed by atoms with Crippen LogP contribution in [0.2, 0.25) is 0 Å². The van der Waals surface area contributed by atoms with Crippen molar-refractivity contribution in [3.8, 4) is 11.5 Å². The number of Topliss-reactive ketones (excluding diaryl/α,β-unsaturated/α-hetero) is 1. The monoisotopic (exact) mass is 449 g/mol. The molecule has 4 N–H and O–H groups in total. The van der Waals surface area contributed by atoms with Gasteiger partial charge in [0.2, 0.25) is 0 Å². The van der Waals surface area contributed by atoms with Crippen LogP contribution in [-0.4, -0.2) is 77.9 Å². The SMILES string of the molecule is C1CNCCN1.C=CCN1CC[C@]23c4c5ccc(O)c4O[C@H]2C(=O)CC[C@@]3(O)[C@H]1C5.Cl. The Bertz CT molecular complexity index is 865. The van der Waals surface area contributed by atoms with Crippen molar-refractivity contribution in [2.45, 2.75) is 48.8 Å². The lowest BCUT2D eigenvalue weighted by Crippen LogP contribution is -2.76. The Kier molecular flexibility index (Phi) is 6.09. The van der Waals surface area contributed by atoms with Gasteiger partial charge in [0.05, 0.1) is 11.0 Å². The van der Waals surface area contributed by atoms with E-state index < -0.39 is 17.1 Å². The largest absolute Gasteiger partial charge is 0.504 e. The van der Waals surface area contributed by atoms with E-state index in [0.717, 1.165) is 50.4 Å². The van der Waals surface area contributed by atoms with Crippen LogP contribution in [0.4, 0.5) is 0 Å². The van der Waals surface area contributed by atoms with Crippen molar-refractivity contribution < 1.29 is 19.7 Å². The number of aliphatic hydroxyl groups is 1. The molecule has 2 bridgehead atoms. The normalized spacial score (nSPS) is 35.1. The van der Waals surface area contributed by atoms with E-state index in [2.05, 4.69) is 22.1 Å². The molecule has 1 aromatic carbocycles. The van der Waals surface area contributed by atoms with Crippen LogP contribution >= 0.6 is 12.4 Å². The van der Waals surface area contributed by atoms with Crippen molar-refractivity contribution in [2.24, 2.45) is 0 Å². The van der Waals surface area contributed by atoms with Crippen LogP contribution in [0.25, 0.3) is 0 Å². The van der Waals surface area contributed by atoms with Gasteiger partial charge < -0.3 is 25.6 Å². The smallest absolute Gasteiger partial charge is 0.174 e. The van der Waals surface area contributed by atoms with Crippen molar-refractivity contribution >= 4 is 18.2 Å². The van der Waals surface area contributed by atoms with E-state index in [1.807, 2.05) is 12.1 Å². The highest BCUT2D eigenvalue weighted by molar-refractivity contribution is 5.90. The first kappa shape index (κ1) is 22.6. The lowest BCUT2D eigenvalue weighted by Gasteiger charge is -2.62. The number of phenols is 1. The zero-order valence-corrected chi connectivity index (χ0v) is 18.5. The fourth-order valence-corrected chi connectivity index (χ4v) is 6.40. The highest BCUT2D eigenvalue weighted by Crippen LogP contribution is 2.64. The maximum absolute atomic E-state index is 12.6. The summed E-state index contributed by atoms with van der Waals surface area (Å²) < 4.78 is 5.98. The Hall–Kier alpha value is -1.64. The molecule has 31 heavy (non-hydrogen) atoms. The summed E-state index contributed by atoms with van der Waals surface area (Å²) >= 11 is 0. The third-order valence-electron chi connectivity index (χ3n) is 7.69. The lowest BCUT2D eigenvalue weighted by molar-refractivity contribution is -0.187. The number of piperazine rings is 1. The van der Waals surface area contributed by atoms with E-state index in [-0.39, 0.29) is 30.0 Å². The number of phenolic OH excluding ortho intramolecular Hbond substituents is 1. The molecule has 2 aliphatic carbocycles. The molecule has 6 rings (SSSR count). The molecule has 1 saturated carbocycles. The second kappa shape index (κ2) is 8.37. The third kappa shape index (κ3) is 3.13. The van der Waals surface area contributed by atoms with Crippen LogP contribution in [0.5, 0.6) is 11.5 Å². The number of aromatic hydroxyl groups is 1. The number of halogens is 1. The highest BCUT2D eigenvalue weighted by atomic mass is 35.5. The number of likely N-dealkylation sites (tertiary alicyclic amines) is 1. The number of nitrogens with one attached hydrogen (secondary N) is 2. The molecular formula is C23H32ClN3O4. The average Bonchev–Trinajstić information content (AvgIpc) is 3.12. The molecule has 3 fully saturated rings. The number of ketones is 1. The van der Waals surface area contributed by atoms with Crippen LogP contribution in [0.1, 0.15) is 30.4 Å². The fraction of sp³-hybridized carbons (Fsp3) is 0.609. The van der Waals surface area contributed by atoms with Gasteiger partial charge >= 0.3 is 0 Å². The summed E-state index contributed by atoms with van der Waals surface area (Å²) in [6.07, 6.45) is 3.35. The molecule has 7 nitrogen and oxygen atoms in total. The summed E-state index contributed by atoms with van der Waals surface area (Å²) in [6.45, 7) is 9.92. The van der Waals surface area contributed by atoms with Gasteiger partial charge in [-0.05, 0) is 30.9 Å². The van der Waals surface area contributed by atoms with Crippen LogP contribution in [0, 0.1) is 0 Å². The summed E-state index contributed by atoms with van der Waals surface area (Å²) in [6, 6.07) is 3.52. The zero-order valence-electron chi connectivity index (χ0n) is 17.7. The number of piperidine rings is 1. The van der Waals surface area contributed by atoms with Crippen LogP contribution in [-0.2, 0) is 16.6 Å². The predicted octanol–water partition coefficient (Wildman–Crippen LogP) is 0.902. The third-order valence-corrected chi connectivity index (χ3v) is 7.69. The van der Waals surface area contributed by atoms with E-state index in [1.54, 1.807) is 6.07 Å². The van der Waals surface area contributed by atoms with Gasteiger partial charge in [-0.15, -0.1) is 19.0 Å². The summed E-state index contributed by atoms with van der Waals surface area (Å²) in [5.74, 6) is 0.528. The number of benzene rings is 1. The number of hydrogen-bond acceptors (Lipinski definition) is 7. The summed E-state index contributed by atoms with van der Waals surface area (Å²) in [5, 5.41) is 28.5. The van der Waals surface area contributed by atoms with Crippen molar-refractivity contribution in [3.63, 3.8) is 0 Å². The molecule has 1 aromatic rings. The minimum absolute atomic E-state index is 0. The van der Waals surface area contributed by atoms with Gasteiger partial charge in [0.25, 0.3) is 0 Å². The Labute approximate surface area is 189 Å². The first-order valence-electron chi connectivity index (χ1n) is 11.1. The van der Waals surface area contributed by atoms with E-state index >= 15 is 0 Å². The first-order chi connectivity index (χ1) is 14.5. The van der Waals surface area contributed by atoms with Gasteiger partial charge in [0.15, 0.2) is 23.4 Å². The van der Waals surface area contributed by atoms with Gasteiger partial charge in [0.1, 0.15) is 0 Å². The Morgan fingerprint density at radius 2 is 1.94 bits per heavy atom. The number of nitrogens with zero attached hydrogens (tertiary/aromatic N) is 1. The first-order valence-corrected chi connectivity index (χ1v) is 11.1. The van der Waals surface area contributed by atoms with Crippen molar-refractivity contribution in [1.82, 2.24) is 15.5 Å². The van der Waals surface area contributed by atoms with E-state index in [0.29, 0.717) is 31.4 Å². The highest BCUT2D eigenvalue weighted by Gasteiger charge is 2.73. The molecular weight excluding hydrogens is 418 g/mol. The van der Waals surface area contributed by atoms with E-state index in [4.69, 9.17) is 4.74 Å². The van der Waals surface area contributed by atoms with Crippen molar-refractivity contribution in [2.75, 3.05) is 39.3 Å². The molecule has 2 saturated heterocycles. The maximum atomic E-state index is 12.6. The van der Waals surface area contributed by atoms with E-state index in [9.17, 15) is 15.0 Å². The van der Waals surface area contributed by atoms with Crippen LogP contribution < -0.4 is 15.4 Å². The molecule has 0 amide bonds. The predicted molar refractivity (Wildman–Crippen MR) is 120 cm³/mol. The number of carbonyl (C=O) groups excluding carboxylic acids is 1. The molecule has 0 radical (unpaired) electrons. The number of hydrogen-bond donors (Lipinski definition) is 4. The van der Waals surface area contributed by atoms with Crippen LogP contribution in [0.3, 0.4) is 0 Å². The second-order valence-electron chi connectivity index (χ2n) is 9.06. The second-order valence-corrected chi connectivity index (χ2v) is 9.06. The van der Waals surface area contributed by atoms with Crippen molar-refractivity contribution in [1.29, 1.82) is 0 Å². The minimum Gasteiger partial charge on any atom is -0.504 e. The van der Waals surface area contributed by atoms with Crippen molar-refractivity contribution in [3.05, 3.63) is 35.9 Å².